The first kappa shape index (κ1) is 12.1. The van der Waals surface area contributed by atoms with Gasteiger partial charge >= 0.3 is 0 Å². The third-order valence-corrected chi connectivity index (χ3v) is 4.17. The van der Waals surface area contributed by atoms with Gasteiger partial charge in [0.1, 0.15) is 5.82 Å². The van der Waals surface area contributed by atoms with Crippen LogP contribution in [0.25, 0.3) is 0 Å². The molecule has 2 fully saturated rings. The molecule has 0 aliphatic carbocycles. The molecular weight excluding hydrogens is 224 g/mol. The monoisotopic (exact) mass is 246 g/mol. The first-order valence-electron chi connectivity index (χ1n) is 7.02. The van der Waals surface area contributed by atoms with Crippen molar-refractivity contribution >= 4 is 0 Å². The van der Waals surface area contributed by atoms with Crippen LogP contribution in [-0.2, 0) is 6.42 Å². The van der Waals surface area contributed by atoms with Crippen molar-refractivity contribution in [3.63, 3.8) is 0 Å². The Kier molecular flexibility index (Phi) is 3.57. The lowest BCUT2D eigenvalue weighted by Crippen LogP contribution is -2.15. The van der Waals surface area contributed by atoms with Crippen molar-refractivity contribution in [2.75, 3.05) is 33.2 Å². The maximum Gasteiger partial charge on any atom is 0.128 e. The van der Waals surface area contributed by atoms with Crippen molar-refractivity contribution in [2.24, 2.45) is 5.92 Å². The average molecular weight is 246 g/mol. The number of likely N-dealkylation sites (N-methyl/N-ethyl adjacent to an activating group) is 1. The number of nitrogens with one attached hydrogen (secondary N) is 1. The molecule has 1 aromatic rings. The topological polar surface area (TPSA) is 41.1 Å². The molecule has 2 aliphatic heterocycles. The predicted molar refractivity (Wildman–Crippen MR) is 71.6 cm³/mol. The molecule has 0 radical (unpaired) electrons. The van der Waals surface area contributed by atoms with Crippen molar-refractivity contribution in [3.8, 4) is 0 Å². The van der Waals surface area contributed by atoms with Crippen LogP contribution in [0.1, 0.15) is 30.3 Å². The normalized spacial score (nSPS) is 28.9. The Morgan fingerprint density at radius 2 is 2.39 bits per heavy atom. The molecule has 0 saturated carbocycles. The van der Waals surface area contributed by atoms with Crippen LogP contribution in [0.15, 0.2) is 12.3 Å². The quantitative estimate of drug-likeness (QED) is 0.865. The molecular formula is C14H22N4. The zero-order valence-corrected chi connectivity index (χ0v) is 11.1. The molecule has 2 unspecified atom stereocenters. The number of rotatable bonds is 3. The minimum Gasteiger partial charge on any atom is -0.316 e. The summed E-state index contributed by atoms with van der Waals surface area (Å²) in [6.07, 6.45) is 5.47. The van der Waals surface area contributed by atoms with E-state index in [9.17, 15) is 0 Å². The van der Waals surface area contributed by atoms with Crippen LogP contribution in [0, 0.1) is 5.92 Å². The zero-order chi connectivity index (χ0) is 12.4. The Balaban J connectivity index is 1.68. The molecule has 3 heterocycles. The van der Waals surface area contributed by atoms with Gasteiger partial charge in [-0.1, -0.05) is 0 Å². The number of hydrogen-bond acceptors (Lipinski definition) is 4. The molecule has 1 N–H and O–H groups in total. The number of hydrogen-bond donors (Lipinski definition) is 1. The molecule has 2 aliphatic rings. The Labute approximate surface area is 109 Å². The molecule has 0 spiro atoms. The van der Waals surface area contributed by atoms with Crippen LogP contribution in [0.5, 0.6) is 0 Å². The summed E-state index contributed by atoms with van der Waals surface area (Å²) in [5.41, 5.74) is 1.25. The molecule has 0 bridgehead atoms. The number of aromatic nitrogens is 2. The van der Waals surface area contributed by atoms with Gasteiger partial charge in [-0.2, -0.15) is 0 Å². The van der Waals surface area contributed by atoms with E-state index in [2.05, 4.69) is 28.3 Å². The molecule has 2 saturated heterocycles. The molecule has 18 heavy (non-hydrogen) atoms. The van der Waals surface area contributed by atoms with Crippen LogP contribution >= 0.6 is 0 Å². The summed E-state index contributed by atoms with van der Waals surface area (Å²) in [7, 11) is 2.19. The number of likely N-dealkylation sites (tertiary alicyclic amines) is 1. The molecule has 4 nitrogen and oxygen atoms in total. The molecule has 3 rings (SSSR count). The van der Waals surface area contributed by atoms with Gasteiger partial charge in [0.25, 0.3) is 0 Å². The average Bonchev–Trinajstić information content (AvgIpc) is 3.01. The third kappa shape index (κ3) is 2.70. The zero-order valence-electron chi connectivity index (χ0n) is 11.1. The van der Waals surface area contributed by atoms with Crippen molar-refractivity contribution in [2.45, 2.75) is 25.2 Å². The highest BCUT2D eigenvalue weighted by Crippen LogP contribution is 2.24. The Morgan fingerprint density at radius 3 is 3.11 bits per heavy atom. The van der Waals surface area contributed by atoms with Crippen LogP contribution in [-0.4, -0.2) is 48.1 Å². The predicted octanol–water partition coefficient (Wildman–Crippen LogP) is 1.05. The van der Waals surface area contributed by atoms with Gasteiger partial charge in [0, 0.05) is 30.8 Å². The first-order chi connectivity index (χ1) is 8.81. The second-order valence-electron chi connectivity index (χ2n) is 5.71. The Morgan fingerprint density at radius 1 is 1.44 bits per heavy atom. The fraction of sp³-hybridized carbons (Fsp3) is 0.714. The smallest absolute Gasteiger partial charge is 0.128 e. The van der Waals surface area contributed by atoms with Crippen LogP contribution in [0.3, 0.4) is 0 Å². The van der Waals surface area contributed by atoms with Crippen LogP contribution < -0.4 is 5.32 Å². The van der Waals surface area contributed by atoms with Crippen molar-refractivity contribution in [1.29, 1.82) is 0 Å². The van der Waals surface area contributed by atoms with E-state index < -0.39 is 0 Å². The number of nitrogens with zero attached hydrogens (tertiary/aromatic N) is 3. The lowest BCUT2D eigenvalue weighted by Gasteiger charge is -2.12. The van der Waals surface area contributed by atoms with E-state index in [0.29, 0.717) is 5.92 Å². The van der Waals surface area contributed by atoms with Gasteiger partial charge in [-0.15, -0.1) is 0 Å². The highest BCUT2D eigenvalue weighted by molar-refractivity contribution is 5.11. The fourth-order valence-electron chi connectivity index (χ4n) is 3.06. The van der Waals surface area contributed by atoms with E-state index in [1.165, 1.54) is 25.1 Å². The van der Waals surface area contributed by atoms with Crippen molar-refractivity contribution in [1.82, 2.24) is 20.2 Å². The lowest BCUT2D eigenvalue weighted by molar-refractivity contribution is 0.410. The second-order valence-corrected chi connectivity index (χ2v) is 5.71. The summed E-state index contributed by atoms with van der Waals surface area (Å²) >= 11 is 0. The SMILES string of the molecule is CN1CCC(c2ccnc(CC3CCNC3)n2)C1. The van der Waals surface area contributed by atoms with Crippen LogP contribution in [0.2, 0.25) is 0 Å². The van der Waals surface area contributed by atoms with E-state index in [4.69, 9.17) is 4.98 Å². The standard InChI is InChI=1S/C14H22N4/c1-18-7-4-12(10-18)13-3-6-16-14(17-13)8-11-2-5-15-9-11/h3,6,11-12,15H,2,4-5,7-10H2,1H3. The van der Waals surface area contributed by atoms with E-state index in [1.807, 2.05) is 6.20 Å². The van der Waals surface area contributed by atoms with Crippen molar-refractivity contribution in [3.05, 3.63) is 23.8 Å². The second kappa shape index (κ2) is 5.33. The fourth-order valence-corrected chi connectivity index (χ4v) is 3.06. The van der Waals surface area contributed by atoms with E-state index in [0.717, 1.165) is 37.8 Å². The van der Waals surface area contributed by atoms with Gasteiger partial charge in [-0.05, 0) is 51.5 Å². The van der Waals surface area contributed by atoms with Gasteiger partial charge in [0.15, 0.2) is 0 Å². The third-order valence-electron chi connectivity index (χ3n) is 4.17. The molecule has 1 aromatic heterocycles. The highest BCUT2D eigenvalue weighted by Gasteiger charge is 2.23. The van der Waals surface area contributed by atoms with Gasteiger partial charge in [-0.25, -0.2) is 9.97 Å². The minimum absolute atomic E-state index is 0.610. The lowest BCUT2D eigenvalue weighted by atomic mass is 10.0. The maximum atomic E-state index is 4.79. The van der Waals surface area contributed by atoms with Gasteiger partial charge in [0.05, 0.1) is 0 Å². The minimum atomic E-state index is 0.610. The molecule has 0 amide bonds. The summed E-state index contributed by atoms with van der Waals surface area (Å²) < 4.78 is 0. The van der Waals surface area contributed by atoms with Crippen molar-refractivity contribution < 1.29 is 0 Å². The molecule has 0 aromatic carbocycles. The summed E-state index contributed by atoms with van der Waals surface area (Å²) in [6, 6.07) is 2.10. The summed E-state index contributed by atoms with van der Waals surface area (Å²) in [4.78, 5) is 11.6. The van der Waals surface area contributed by atoms with Gasteiger partial charge in [-0.3, -0.25) is 0 Å². The van der Waals surface area contributed by atoms with Crippen LogP contribution in [0.4, 0.5) is 0 Å². The molecule has 4 heteroatoms. The summed E-state index contributed by atoms with van der Waals surface area (Å²) in [5, 5.41) is 3.41. The summed E-state index contributed by atoms with van der Waals surface area (Å²) in [5.74, 6) is 2.38. The summed E-state index contributed by atoms with van der Waals surface area (Å²) in [6.45, 7) is 4.61. The largest absolute Gasteiger partial charge is 0.316 e. The Bertz CT molecular complexity index is 401. The first-order valence-corrected chi connectivity index (χ1v) is 7.02. The van der Waals surface area contributed by atoms with Gasteiger partial charge in [0.2, 0.25) is 0 Å². The maximum absolute atomic E-state index is 4.79. The van der Waals surface area contributed by atoms with Gasteiger partial charge < -0.3 is 10.2 Å². The molecule has 98 valence electrons. The van der Waals surface area contributed by atoms with E-state index >= 15 is 0 Å². The van der Waals surface area contributed by atoms with E-state index in [1.54, 1.807) is 0 Å². The molecule has 2 atom stereocenters. The van der Waals surface area contributed by atoms with E-state index in [-0.39, 0.29) is 0 Å². The highest BCUT2D eigenvalue weighted by atomic mass is 15.1. The Hall–Kier alpha value is -1.00.